The van der Waals surface area contributed by atoms with Gasteiger partial charge in [-0.05, 0) is 6.42 Å². The number of nitrogens with one attached hydrogen (secondary N) is 1. The SMILES string of the molecule is C#CCCNC(=O)c1cn(C)nc1CC. The average Bonchev–Trinajstić information content (AvgIpc) is 2.60. The molecule has 1 rings (SSSR count). The zero-order valence-electron chi connectivity index (χ0n) is 9.08. The molecular weight excluding hydrogens is 190 g/mol. The monoisotopic (exact) mass is 205 g/mol. The second-order valence-electron chi connectivity index (χ2n) is 3.23. The quantitative estimate of drug-likeness (QED) is 0.582. The molecule has 4 nitrogen and oxygen atoms in total. The molecule has 0 radical (unpaired) electrons. The van der Waals surface area contributed by atoms with Crippen LogP contribution in [0.4, 0.5) is 0 Å². The summed E-state index contributed by atoms with van der Waals surface area (Å²) in [5, 5.41) is 6.95. The number of carbonyl (C=O) groups excluding carboxylic acids is 1. The van der Waals surface area contributed by atoms with Crippen LogP contribution < -0.4 is 5.32 Å². The maximum atomic E-state index is 11.7. The lowest BCUT2D eigenvalue weighted by Gasteiger charge is -2.01. The van der Waals surface area contributed by atoms with Crippen molar-refractivity contribution in [3.05, 3.63) is 17.5 Å². The number of aryl methyl sites for hydroxylation is 2. The first-order chi connectivity index (χ1) is 7.19. The van der Waals surface area contributed by atoms with Crippen molar-refractivity contribution in [2.75, 3.05) is 6.54 Å². The van der Waals surface area contributed by atoms with Crippen LogP contribution in [0.3, 0.4) is 0 Å². The molecule has 80 valence electrons. The maximum Gasteiger partial charge on any atom is 0.254 e. The van der Waals surface area contributed by atoms with Gasteiger partial charge in [-0.2, -0.15) is 5.10 Å². The van der Waals surface area contributed by atoms with Crippen molar-refractivity contribution in [1.29, 1.82) is 0 Å². The summed E-state index contributed by atoms with van der Waals surface area (Å²) < 4.78 is 1.65. The maximum absolute atomic E-state index is 11.7. The van der Waals surface area contributed by atoms with Gasteiger partial charge in [0.1, 0.15) is 0 Å². The van der Waals surface area contributed by atoms with Crippen LogP contribution in [0.15, 0.2) is 6.20 Å². The molecule has 0 saturated heterocycles. The van der Waals surface area contributed by atoms with Gasteiger partial charge in [0.25, 0.3) is 5.91 Å². The van der Waals surface area contributed by atoms with Crippen molar-refractivity contribution < 1.29 is 4.79 Å². The largest absolute Gasteiger partial charge is 0.351 e. The Balaban J connectivity index is 2.69. The highest BCUT2D eigenvalue weighted by atomic mass is 16.1. The highest BCUT2D eigenvalue weighted by Crippen LogP contribution is 2.06. The van der Waals surface area contributed by atoms with Gasteiger partial charge in [0, 0.05) is 26.2 Å². The molecule has 0 bridgehead atoms. The Bertz CT molecular complexity index is 387. The topological polar surface area (TPSA) is 46.9 Å². The van der Waals surface area contributed by atoms with E-state index in [1.807, 2.05) is 6.92 Å². The average molecular weight is 205 g/mol. The lowest BCUT2D eigenvalue weighted by molar-refractivity contribution is 0.0953. The Labute approximate surface area is 89.7 Å². The second-order valence-corrected chi connectivity index (χ2v) is 3.23. The van der Waals surface area contributed by atoms with Crippen LogP contribution >= 0.6 is 0 Å². The van der Waals surface area contributed by atoms with Gasteiger partial charge >= 0.3 is 0 Å². The first-order valence-corrected chi connectivity index (χ1v) is 4.93. The number of hydrogen-bond donors (Lipinski definition) is 1. The first-order valence-electron chi connectivity index (χ1n) is 4.93. The zero-order chi connectivity index (χ0) is 11.3. The Kier molecular flexibility index (Phi) is 3.92. The van der Waals surface area contributed by atoms with Crippen molar-refractivity contribution >= 4 is 5.91 Å². The van der Waals surface area contributed by atoms with Gasteiger partial charge in [-0.1, -0.05) is 6.92 Å². The number of terminal acetylenes is 1. The Morgan fingerprint density at radius 1 is 1.73 bits per heavy atom. The van der Waals surface area contributed by atoms with E-state index in [0.29, 0.717) is 18.5 Å². The van der Waals surface area contributed by atoms with E-state index in [-0.39, 0.29) is 5.91 Å². The molecule has 0 aromatic carbocycles. The second kappa shape index (κ2) is 5.20. The van der Waals surface area contributed by atoms with Crippen LogP contribution in [0.5, 0.6) is 0 Å². The molecule has 15 heavy (non-hydrogen) atoms. The summed E-state index contributed by atoms with van der Waals surface area (Å²) in [6.07, 6.45) is 8.12. The molecule has 1 aromatic heterocycles. The van der Waals surface area contributed by atoms with Gasteiger partial charge in [0.05, 0.1) is 11.3 Å². The van der Waals surface area contributed by atoms with Gasteiger partial charge in [0.2, 0.25) is 0 Å². The number of rotatable bonds is 4. The molecule has 0 fully saturated rings. The summed E-state index contributed by atoms with van der Waals surface area (Å²) in [5.41, 5.74) is 1.45. The van der Waals surface area contributed by atoms with Gasteiger partial charge in [-0.25, -0.2) is 0 Å². The molecule has 0 spiro atoms. The summed E-state index contributed by atoms with van der Waals surface area (Å²) in [6.45, 7) is 2.48. The molecule has 0 aliphatic heterocycles. The fourth-order valence-corrected chi connectivity index (χ4v) is 1.33. The smallest absolute Gasteiger partial charge is 0.254 e. The molecule has 1 amide bonds. The van der Waals surface area contributed by atoms with Crippen LogP contribution in [0.2, 0.25) is 0 Å². The van der Waals surface area contributed by atoms with Gasteiger partial charge < -0.3 is 5.32 Å². The standard InChI is InChI=1S/C11H15N3O/c1-4-6-7-12-11(15)9-8-14(3)13-10(9)5-2/h1,8H,5-7H2,2-3H3,(H,12,15). The number of amides is 1. The Morgan fingerprint density at radius 3 is 3.07 bits per heavy atom. The third-order valence-corrected chi connectivity index (χ3v) is 2.04. The molecular formula is C11H15N3O. The molecule has 0 aliphatic carbocycles. The first kappa shape index (κ1) is 11.3. The fraction of sp³-hybridized carbons (Fsp3) is 0.455. The number of carbonyl (C=O) groups is 1. The minimum atomic E-state index is -0.102. The summed E-state index contributed by atoms with van der Waals surface area (Å²) in [6, 6.07) is 0. The third kappa shape index (κ3) is 2.84. The molecule has 1 N–H and O–H groups in total. The van der Waals surface area contributed by atoms with E-state index >= 15 is 0 Å². The lowest BCUT2D eigenvalue weighted by Crippen LogP contribution is -2.24. The molecule has 0 atom stereocenters. The van der Waals surface area contributed by atoms with E-state index in [9.17, 15) is 4.79 Å². The van der Waals surface area contributed by atoms with Crippen molar-refractivity contribution in [3.8, 4) is 12.3 Å². The minimum Gasteiger partial charge on any atom is -0.351 e. The van der Waals surface area contributed by atoms with E-state index in [1.54, 1.807) is 17.9 Å². The fourth-order valence-electron chi connectivity index (χ4n) is 1.33. The zero-order valence-corrected chi connectivity index (χ0v) is 9.08. The molecule has 4 heteroatoms. The van der Waals surface area contributed by atoms with Crippen molar-refractivity contribution in [3.63, 3.8) is 0 Å². The van der Waals surface area contributed by atoms with Crippen molar-refractivity contribution in [2.24, 2.45) is 7.05 Å². The Hall–Kier alpha value is -1.76. The minimum absolute atomic E-state index is 0.102. The van der Waals surface area contributed by atoms with Crippen molar-refractivity contribution in [2.45, 2.75) is 19.8 Å². The predicted molar refractivity (Wildman–Crippen MR) is 58.4 cm³/mol. The normalized spacial score (nSPS) is 9.67. The van der Waals surface area contributed by atoms with Crippen LogP contribution in [0, 0.1) is 12.3 Å². The van der Waals surface area contributed by atoms with Crippen LogP contribution in [-0.2, 0) is 13.5 Å². The third-order valence-electron chi connectivity index (χ3n) is 2.04. The van der Waals surface area contributed by atoms with Gasteiger partial charge in [0.15, 0.2) is 0 Å². The van der Waals surface area contributed by atoms with Gasteiger partial charge in [-0.15, -0.1) is 12.3 Å². The van der Waals surface area contributed by atoms with Crippen LogP contribution in [-0.4, -0.2) is 22.2 Å². The van der Waals surface area contributed by atoms with Gasteiger partial charge in [-0.3, -0.25) is 9.48 Å². The number of nitrogens with zero attached hydrogens (tertiary/aromatic N) is 2. The molecule has 0 aliphatic rings. The van der Waals surface area contributed by atoms with E-state index in [4.69, 9.17) is 6.42 Å². The number of hydrogen-bond acceptors (Lipinski definition) is 2. The highest BCUT2D eigenvalue weighted by molar-refractivity contribution is 5.95. The molecule has 0 unspecified atom stereocenters. The lowest BCUT2D eigenvalue weighted by atomic mass is 10.2. The molecule has 1 heterocycles. The number of aromatic nitrogens is 2. The van der Waals surface area contributed by atoms with E-state index in [1.165, 1.54) is 0 Å². The summed E-state index contributed by atoms with van der Waals surface area (Å²) >= 11 is 0. The summed E-state index contributed by atoms with van der Waals surface area (Å²) in [7, 11) is 1.80. The Morgan fingerprint density at radius 2 is 2.47 bits per heavy atom. The summed E-state index contributed by atoms with van der Waals surface area (Å²) in [4.78, 5) is 11.7. The summed E-state index contributed by atoms with van der Waals surface area (Å²) in [5.74, 6) is 2.37. The van der Waals surface area contributed by atoms with E-state index < -0.39 is 0 Å². The van der Waals surface area contributed by atoms with E-state index in [2.05, 4.69) is 16.3 Å². The molecule has 1 aromatic rings. The van der Waals surface area contributed by atoms with Crippen LogP contribution in [0.25, 0.3) is 0 Å². The van der Waals surface area contributed by atoms with Crippen LogP contribution in [0.1, 0.15) is 29.4 Å². The predicted octanol–water partition coefficient (Wildman–Crippen LogP) is 0.736. The highest BCUT2D eigenvalue weighted by Gasteiger charge is 2.13. The van der Waals surface area contributed by atoms with Crippen molar-refractivity contribution in [1.82, 2.24) is 15.1 Å². The molecule has 0 saturated carbocycles. The van der Waals surface area contributed by atoms with E-state index in [0.717, 1.165) is 12.1 Å².